The van der Waals surface area contributed by atoms with Gasteiger partial charge in [0.2, 0.25) is 0 Å². The maximum atomic E-state index is 8.60. The van der Waals surface area contributed by atoms with Gasteiger partial charge in [0.05, 0.1) is 0 Å². The van der Waals surface area contributed by atoms with Gasteiger partial charge in [-0.05, 0) is 0 Å². The van der Waals surface area contributed by atoms with Crippen molar-refractivity contribution in [3.8, 4) is 0 Å². The molecule has 0 amide bonds. The fraction of sp³-hybridized carbons (Fsp3) is 0.200. The minimum absolute atomic E-state index is 1.01. The normalized spacial score (nSPS) is 12.4. The van der Waals surface area contributed by atoms with Crippen LogP contribution in [0.15, 0.2) is 18.2 Å². The molecular weight excluding hydrogens is 294 g/mol. The third-order valence-electron chi connectivity index (χ3n) is 0.586. The third kappa shape index (κ3) is 11.2. The Morgan fingerprint density at radius 2 is 1.89 bits per heavy atom. The van der Waals surface area contributed by atoms with Crippen LogP contribution in [-0.2, 0) is 27.0 Å². The summed E-state index contributed by atoms with van der Waals surface area (Å²) < 4.78 is 25.8. The fourth-order valence-corrected chi connectivity index (χ4v) is 0.340. The van der Waals surface area contributed by atoms with Crippen LogP contribution >= 0.6 is 0 Å². The summed E-state index contributed by atoms with van der Waals surface area (Å²) in [7, 11) is 0. The van der Waals surface area contributed by atoms with Gasteiger partial charge in [0, 0.05) is 0 Å². The van der Waals surface area contributed by atoms with Crippen LogP contribution in [0.2, 0.25) is 0 Å². The molecule has 0 aromatic carbocycles. The molecule has 0 radical (unpaired) electrons. The van der Waals surface area contributed by atoms with Crippen molar-refractivity contribution in [2.45, 2.75) is 6.42 Å². The second-order valence-electron chi connectivity index (χ2n) is 1.19. The summed E-state index contributed by atoms with van der Waals surface area (Å²) in [4.78, 5) is 0. The summed E-state index contributed by atoms with van der Waals surface area (Å²) in [5.74, 6) is 0. The van der Waals surface area contributed by atoms with Crippen molar-refractivity contribution in [1.29, 1.82) is 0 Å². The molecule has 51 valence electrons. The molecule has 0 spiro atoms. The number of hydrogen-bond acceptors (Lipinski definition) is 3. The SMILES string of the molecule is [C-]1=CC=CC1.[O]=[Re](=[O])=[O]. The molecule has 0 saturated heterocycles. The van der Waals surface area contributed by atoms with E-state index in [0.29, 0.717) is 0 Å². The van der Waals surface area contributed by atoms with Crippen LogP contribution in [0.3, 0.4) is 0 Å². The Bertz CT molecular complexity index is 191. The summed E-state index contributed by atoms with van der Waals surface area (Å²) in [5.41, 5.74) is 0. The van der Waals surface area contributed by atoms with Crippen LogP contribution in [0, 0.1) is 6.08 Å². The summed E-state index contributed by atoms with van der Waals surface area (Å²) >= 11 is -4.21. The molecule has 0 aromatic heterocycles. The molecule has 9 heavy (non-hydrogen) atoms. The first-order valence-corrected chi connectivity index (χ1v) is 5.51. The van der Waals surface area contributed by atoms with Gasteiger partial charge in [-0.15, -0.1) is 6.42 Å². The van der Waals surface area contributed by atoms with E-state index in [-0.39, 0.29) is 0 Å². The van der Waals surface area contributed by atoms with Crippen molar-refractivity contribution < 1.29 is 27.0 Å². The zero-order valence-electron chi connectivity index (χ0n) is 4.54. The Morgan fingerprint density at radius 1 is 1.33 bits per heavy atom. The summed E-state index contributed by atoms with van der Waals surface area (Å²) in [6.07, 6.45) is 10.0. The zero-order valence-corrected chi connectivity index (χ0v) is 7.26. The molecule has 0 aromatic rings. The van der Waals surface area contributed by atoms with Crippen LogP contribution < -0.4 is 0 Å². The number of hydrogen-bond donors (Lipinski definition) is 0. The molecule has 0 unspecified atom stereocenters. The molecule has 1 rings (SSSR count). The molecule has 0 aliphatic heterocycles. The standard InChI is InChI=1S/C5H5.3O.Re/c1-2-4-5-3-1;;;;/h1-3H,4H2;;;;/q-1;;;;. The molecule has 0 saturated carbocycles. The van der Waals surface area contributed by atoms with Crippen LogP contribution in [0.1, 0.15) is 6.42 Å². The summed E-state index contributed by atoms with van der Waals surface area (Å²) in [6.45, 7) is 0. The molecule has 0 N–H and O–H groups in total. The van der Waals surface area contributed by atoms with Crippen molar-refractivity contribution in [3.05, 3.63) is 24.3 Å². The van der Waals surface area contributed by atoms with E-state index in [0.717, 1.165) is 6.42 Å². The van der Waals surface area contributed by atoms with Gasteiger partial charge in [-0.3, -0.25) is 6.08 Å². The van der Waals surface area contributed by atoms with Gasteiger partial charge in [0.1, 0.15) is 0 Å². The topological polar surface area (TPSA) is 51.2 Å². The van der Waals surface area contributed by atoms with Crippen LogP contribution in [0.25, 0.3) is 0 Å². The van der Waals surface area contributed by atoms with Crippen molar-refractivity contribution in [2.24, 2.45) is 0 Å². The van der Waals surface area contributed by atoms with Gasteiger partial charge < -0.3 is 0 Å². The molecule has 0 bridgehead atoms. The molecule has 4 heteroatoms. The van der Waals surface area contributed by atoms with Gasteiger partial charge in [0.15, 0.2) is 0 Å². The maximum absolute atomic E-state index is 8.60. The van der Waals surface area contributed by atoms with Crippen LogP contribution in [0.5, 0.6) is 0 Å². The number of allylic oxidation sites excluding steroid dienone is 4. The van der Waals surface area contributed by atoms with Crippen LogP contribution in [0.4, 0.5) is 0 Å². The van der Waals surface area contributed by atoms with E-state index >= 15 is 0 Å². The molecule has 0 atom stereocenters. The van der Waals surface area contributed by atoms with E-state index in [4.69, 9.17) is 10.4 Å². The average molecular weight is 299 g/mol. The van der Waals surface area contributed by atoms with Crippen LogP contribution in [-0.4, -0.2) is 0 Å². The van der Waals surface area contributed by atoms with Crippen molar-refractivity contribution in [1.82, 2.24) is 0 Å². The minimum atomic E-state index is -4.21. The Morgan fingerprint density at radius 3 is 2.00 bits per heavy atom. The Balaban J connectivity index is 0.000000148. The quantitative estimate of drug-likeness (QED) is 0.626. The van der Waals surface area contributed by atoms with E-state index in [1.165, 1.54) is 0 Å². The predicted molar refractivity (Wildman–Crippen MR) is 23.6 cm³/mol. The molecule has 0 heterocycles. The van der Waals surface area contributed by atoms with Crippen molar-refractivity contribution in [2.75, 3.05) is 0 Å². The molecule has 1 aliphatic carbocycles. The van der Waals surface area contributed by atoms with E-state index in [1.807, 2.05) is 12.2 Å². The second kappa shape index (κ2) is 5.67. The molecule has 1 aliphatic rings. The van der Waals surface area contributed by atoms with Crippen molar-refractivity contribution >= 4 is 0 Å². The summed E-state index contributed by atoms with van der Waals surface area (Å²) in [5, 5.41) is 0. The first-order chi connectivity index (χ1) is 4.23. The molecular formula is C5H5O3Re-. The summed E-state index contributed by atoms with van der Waals surface area (Å²) in [6, 6.07) is 0. The van der Waals surface area contributed by atoms with E-state index in [9.17, 15) is 0 Å². The second-order valence-corrected chi connectivity index (χ2v) is 2.55. The van der Waals surface area contributed by atoms with Crippen molar-refractivity contribution in [3.63, 3.8) is 0 Å². The van der Waals surface area contributed by atoms with Gasteiger partial charge in [-0.25, -0.2) is 12.2 Å². The average Bonchev–Trinajstić information content (AvgIpc) is 2.11. The Kier molecular flexibility index (Phi) is 5.39. The van der Waals surface area contributed by atoms with Gasteiger partial charge in [-0.1, -0.05) is 0 Å². The van der Waals surface area contributed by atoms with E-state index in [2.05, 4.69) is 12.2 Å². The Hall–Kier alpha value is -0.458. The first-order valence-electron chi connectivity index (χ1n) is 2.18. The zero-order chi connectivity index (χ0) is 7.11. The van der Waals surface area contributed by atoms with E-state index in [1.54, 1.807) is 0 Å². The van der Waals surface area contributed by atoms with Gasteiger partial charge in [-0.2, -0.15) is 6.08 Å². The van der Waals surface area contributed by atoms with Gasteiger partial charge in [0.25, 0.3) is 0 Å². The number of rotatable bonds is 0. The first kappa shape index (κ1) is 8.54. The molecule has 0 fully saturated rings. The third-order valence-corrected chi connectivity index (χ3v) is 0.586. The monoisotopic (exact) mass is 300 g/mol. The fourth-order valence-electron chi connectivity index (χ4n) is 0.340. The Labute approximate surface area is 58.2 Å². The van der Waals surface area contributed by atoms with Gasteiger partial charge >= 0.3 is 27.0 Å². The molecule has 3 nitrogen and oxygen atoms in total. The predicted octanol–water partition coefficient (Wildman–Crippen LogP) is 0.947. The van der Waals surface area contributed by atoms with E-state index < -0.39 is 16.6 Å².